The van der Waals surface area contributed by atoms with Gasteiger partial charge in [0.2, 0.25) is 0 Å². The summed E-state index contributed by atoms with van der Waals surface area (Å²) in [6.07, 6.45) is 1.24. The summed E-state index contributed by atoms with van der Waals surface area (Å²) in [6.45, 7) is 0. The molecule has 5 nitrogen and oxygen atoms in total. The predicted molar refractivity (Wildman–Crippen MR) is 37.1 cm³/mol. The van der Waals surface area contributed by atoms with Crippen LogP contribution >= 0.6 is 11.3 Å². The standard InChI is InChI=1S/C4H4N2O2S.H2O/c5-4-6-1-2(9-4)3(7)8;/h1H,(H2,5,6)(H,7,8);1H2. The average Bonchev–Trinajstić information content (AvgIpc) is 2.14. The second-order valence-corrected chi connectivity index (χ2v) is 2.43. The van der Waals surface area contributed by atoms with Crippen molar-refractivity contribution in [3.05, 3.63) is 11.1 Å². The number of carboxylic acid groups (broad SMARTS) is 1. The maximum atomic E-state index is 10.1. The van der Waals surface area contributed by atoms with Crippen LogP contribution in [0.15, 0.2) is 6.20 Å². The molecule has 56 valence electrons. The number of nitrogen functional groups attached to an aromatic ring is 1. The highest BCUT2D eigenvalue weighted by molar-refractivity contribution is 7.17. The maximum Gasteiger partial charge on any atom is 0.347 e. The Bertz CT molecular complexity index is 234. The number of rotatable bonds is 1. The summed E-state index contributed by atoms with van der Waals surface area (Å²) >= 11 is 0.963. The number of carboxylic acids is 1. The molecule has 1 aromatic rings. The van der Waals surface area contributed by atoms with Gasteiger partial charge in [-0.15, -0.1) is 0 Å². The number of thiazole rings is 1. The van der Waals surface area contributed by atoms with Crippen molar-refractivity contribution in [3.8, 4) is 0 Å². The number of anilines is 1. The third-order valence-electron chi connectivity index (χ3n) is 0.734. The van der Waals surface area contributed by atoms with Crippen LogP contribution in [0.3, 0.4) is 0 Å². The summed E-state index contributed by atoms with van der Waals surface area (Å²) < 4.78 is 0. The van der Waals surface area contributed by atoms with Gasteiger partial charge in [0, 0.05) is 0 Å². The Hall–Kier alpha value is -1.14. The fourth-order valence-electron chi connectivity index (χ4n) is 0.386. The smallest absolute Gasteiger partial charge is 0.347 e. The second kappa shape index (κ2) is 3.14. The lowest BCUT2D eigenvalue weighted by atomic mass is 10.6. The van der Waals surface area contributed by atoms with Gasteiger partial charge >= 0.3 is 5.97 Å². The van der Waals surface area contributed by atoms with Gasteiger partial charge in [-0.3, -0.25) is 0 Å². The van der Waals surface area contributed by atoms with Gasteiger partial charge in [-0.2, -0.15) is 0 Å². The normalized spacial score (nSPS) is 8.40. The Balaban J connectivity index is 0.000000810. The molecule has 1 rings (SSSR count). The van der Waals surface area contributed by atoms with E-state index in [1.54, 1.807) is 0 Å². The average molecular weight is 162 g/mol. The largest absolute Gasteiger partial charge is 0.477 e. The first-order valence-electron chi connectivity index (χ1n) is 2.15. The number of nitrogens with two attached hydrogens (primary N) is 1. The van der Waals surface area contributed by atoms with Crippen LogP contribution in [0.25, 0.3) is 0 Å². The zero-order valence-corrected chi connectivity index (χ0v) is 5.68. The van der Waals surface area contributed by atoms with Gasteiger partial charge < -0.3 is 16.3 Å². The molecular weight excluding hydrogens is 156 g/mol. The number of nitrogens with zero attached hydrogens (tertiary/aromatic N) is 1. The topological polar surface area (TPSA) is 108 Å². The number of hydrogen-bond donors (Lipinski definition) is 2. The van der Waals surface area contributed by atoms with Gasteiger partial charge in [0.05, 0.1) is 6.20 Å². The molecule has 0 bridgehead atoms. The molecule has 0 aliphatic carbocycles. The first-order valence-corrected chi connectivity index (χ1v) is 2.96. The SMILES string of the molecule is Nc1ncc(C(=O)O)s1.O. The Morgan fingerprint density at radius 1 is 1.80 bits per heavy atom. The highest BCUT2D eigenvalue weighted by atomic mass is 32.1. The van der Waals surface area contributed by atoms with E-state index in [0.29, 0.717) is 0 Å². The van der Waals surface area contributed by atoms with E-state index >= 15 is 0 Å². The molecule has 0 atom stereocenters. The van der Waals surface area contributed by atoms with Gasteiger partial charge in [-0.1, -0.05) is 11.3 Å². The van der Waals surface area contributed by atoms with Crippen LogP contribution in [0, 0.1) is 0 Å². The van der Waals surface area contributed by atoms with Crippen LogP contribution in [0.5, 0.6) is 0 Å². The molecular formula is C4H6N2O3S. The summed E-state index contributed by atoms with van der Waals surface area (Å²) in [6, 6.07) is 0. The van der Waals surface area contributed by atoms with E-state index < -0.39 is 5.97 Å². The van der Waals surface area contributed by atoms with Crippen LogP contribution < -0.4 is 5.73 Å². The molecule has 1 aromatic heterocycles. The lowest BCUT2D eigenvalue weighted by Gasteiger charge is -1.78. The quantitative estimate of drug-likeness (QED) is 0.585. The van der Waals surface area contributed by atoms with Crippen molar-refractivity contribution in [2.75, 3.05) is 5.73 Å². The first kappa shape index (κ1) is 8.86. The lowest BCUT2D eigenvalue weighted by Crippen LogP contribution is -1.89. The third-order valence-corrected chi connectivity index (χ3v) is 1.55. The van der Waals surface area contributed by atoms with Crippen LogP contribution in [-0.2, 0) is 0 Å². The van der Waals surface area contributed by atoms with Crippen LogP contribution in [0.4, 0.5) is 5.13 Å². The molecule has 0 fully saturated rings. The van der Waals surface area contributed by atoms with E-state index in [1.807, 2.05) is 0 Å². The molecule has 0 aliphatic heterocycles. The second-order valence-electron chi connectivity index (χ2n) is 1.37. The third kappa shape index (κ3) is 1.67. The first-order chi connectivity index (χ1) is 4.20. The van der Waals surface area contributed by atoms with Crippen molar-refractivity contribution < 1.29 is 15.4 Å². The van der Waals surface area contributed by atoms with Crippen molar-refractivity contribution in [1.82, 2.24) is 4.98 Å². The molecule has 0 aromatic carbocycles. The number of aromatic carboxylic acids is 1. The van der Waals surface area contributed by atoms with Gasteiger partial charge in [-0.25, -0.2) is 9.78 Å². The molecule has 0 aliphatic rings. The predicted octanol–water partition coefficient (Wildman–Crippen LogP) is -0.401. The summed E-state index contributed by atoms with van der Waals surface area (Å²) in [5, 5.41) is 8.60. The van der Waals surface area contributed by atoms with Crippen molar-refractivity contribution in [2.45, 2.75) is 0 Å². The van der Waals surface area contributed by atoms with E-state index in [9.17, 15) is 4.79 Å². The Morgan fingerprint density at radius 2 is 2.40 bits per heavy atom. The Labute approximate surface area is 60.4 Å². The fraction of sp³-hybridized carbons (Fsp3) is 0. The summed E-state index contributed by atoms with van der Waals surface area (Å²) in [4.78, 5) is 13.9. The molecule has 10 heavy (non-hydrogen) atoms. The van der Waals surface area contributed by atoms with Crippen molar-refractivity contribution in [1.29, 1.82) is 0 Å². The fourth-order valence-corrected chi connectivity index (χ4v) is 0.910. The molecule has 5 N–H and O–H groups in total. The molecule has 6 heteroatoms. The van der Waals surface area contributed by atoms with Crippen LogP contribution in [0.1, 0.15) is 9.67 Å². The minimum atomic E-state index is -0.982. The summed E-state index contributed by atoms with van der Waals surface area (Å²) in [5.74, 6) is -0.982. The van der Waals surface area contributed by atoms with E-state index in [0.717, 1.165) is 11.3 Å². The highest BCUT2D eigenvalue weighted by Crippen LogP contribution is 2.13. The van der Waals surface area contributed by atoms with E-state index in [4.69, 9.17) is 10.8 Å². The number of carbonyl (C=O) groups is 1. The van der Waals surface area contributed by atoms with Crippen LogP contribution in [0.2, 0.25) is 0 Å². The van der Waals surface area contributed by atoms with Gasteiger partial charge in [0.25, 0.3) is 0 Å². The Kier molecular flexibility index (Phi) is 2.78. The molecule has 0 radical (unpaired) electrons. The van der Waals surface area contributed by atoms with Gasteiger partial charge in [0.1, 0.15) is 4.88 Å². The van der Waals surface area contributed by atoms with Crippen molar-refractivity contribution in [3.63, 3.8) is 0 Å². The number of hydrogen-bond acceptors (Lipinski definition) is 4. The molecule has 0 unspecified atom stereocenters. The van der Waals surface area contributed by atoms with Crippen LogP contribution in [-0.4, -0.2) is 21.5 Å². The maximum absolute atomic E-state index is 10.1. The Morgan fingerprint density at radius 3 is 2.60 bits per heavy atom. The minimum Gasteiger partial charge on any atom is -0.477 e. The van der Waals surface area contributed by atoms with Gasteiger partial charge in [-0.05, 0) is 0 Å². The zero-order chi connectivity index (χ0) is 6.85. The van der Waals surface area contributed by atoms with E-state index in [-0.39, 0.29) is 15.5 Å². The summed E-state index contributed by atoms with van der Waals surface area (Å²) in [7, 11) is 0. The lowest BCUT2D eigenvalue weighted by molar-refractivity contribution is 0.0702. The van der Waals surface area contributed by atoms with Gasteiger partial charge in [0.15, 0.2) is 5.13 Å². The monoisotopic (exact) mass is 162 g/mol. The molecule has 0 spiro atoms. The van der Waals surface area contributed by atoms with E-state index in [1.165, 1.54) is 6.20 Å². The summed E-state index contributed by atoms with van der Waals surface area (Å²) in [5.41, 5.74) is 5.16. The molecule has 1 heterocycles. The van der Waals surface area contributed by atoms with E-state index in [2.05, 4.69) is 4.98 Å². The van der Waals surface area contributed by atoms with Crippen molar-refractivity contribution >= 4 is 22.4 Å². The van der Waals surface area contributed by atoms with Crippen molar-refractivity contribution in [2.24, 2.45) is 0 Å². The minimum absolute atomic E-state index is 0. The highest BCUT2D eigenvalue weighted by Gasteiger charge is 2.04. The number of aromatic nitrogens is 1. The molecule has 0 amide bonds. The molecule has 0 saturated carbocycles. The zero-order valence-electron chi connectivity index (χ0n) is 4.87. The molecule has 0 saturated heterocycles.